The van der Waals surface area contributed by atoms with Gasteiger partial charge >= 0.3 is 0 Å². The van der Waals surface area contributed by atoms with Gasteiger partial charge in [0.25, 0.3) is 0 Å². The van der Waals surface area contributed by atoms with Crippen molar-refractivity contribution in [3.05, 3.63) is 58.9 Å². The average Bonchev–Trinajstić information content (AvgIpc) is 3.31. The van der Waals surface area contributed by atoms with Crippen molar-refractivity contribution >= 4 is 6.71 Å². The first-order valence-electron chi connectivity index (χ1n) is 24.5. The molecule has 1 spiro atoms. The summed E-state index contributed by atoms with van der Waals surface area (Å²) in [5.74, 6) is 5.04. The second kappa shape index (κ2) is 14.0. The largest absolute Gasteiger partial charge is 0.343 e. The Kier molecular flexibility index (Phi) is 10.0. The first-order chi connectivity index (χ1) is 26.4. The van der Waals surface area contributed by atoms with Crippen molar-refractivity contribution < 1.29 is 0 Å². The quantitative estimate of drug-likeness (QED) is 0.204. The minimum Gasteiger partial charge on any atom is -0.343 e. The fraction of sp³-hybridized carbons (Fsp3) is 0.811. The van der Waals surface area contributed by atoms with Crippen LogP contribution < -0.4 is 0 Å². The van der Waals surface area contributed by atoms with E-state index in [1.54, 1.807) is 11.3 Å². The van der Waals surface area contributed by atoms with Gasteiger partial charge in [-0.05, 0) is 128 Å². The standard InChI is InChI=1S/C53H83BN2/c1-49(2,3)37-22-25-39(26-23-37)55-43-29-24-38(50(4,5)6)34-42(43)54-41-28-27-40(51(7,8)9)46-48(41)56(52(10,11)53(46)30-18-15-19-31-53)45-33-36(32-44(55)47(45)54)35-20-16-13-12-14-17-21-35/h22,24-28,35-37,40-43,45-46,48H,12-21,23,29-34H2,1-11H3. The van der Waals surface area contributed by atoms with Crippen molar-refractivity contribution in [1.29, 1.82) is 0 Å². The molecule has 9 rings (SSSR count). The van der Waals surface area contributed by atoms with Crippen molar-refractivity contribution in [2.75, 3.05) is 0 Å². The summed E-state index contributed by atoms with van der Waals surface area (Å²) in [4.78, 5) is 6.46. The van der Waals surface area contributed by atoms with Crippen molar-refractivity contribution in [2.24, 2.45) is 51.2 Å². The first-order valence-corrected chi connectivity index (χ1v) is 24.5. The van der Waals surface area contributed by atoms with E-state index in [1.807, 2.05) is 11.2 Å². The molecule has 4 fully saturated rings. The highest BCUT2D eigenvalue weighted by molar-refractivity contribution is 6.72. The van der Waals surface area contributed by atoms with Crippen LogP contribution >= 0.6 is 0 Å². The van der Waals surface area contributed by atoms with Gasteiger partial charge in [-0.15, -0.1) is 0 Å². The molecule has 3 heterocycles. The van der Waals surface area contributed by atoms with Crippen LogP contribution in [-0.2, 0) is 0 Å². The fourth-order valence-electron chi connectivity index (χ4n) is 16.1. The lowest BCUT2D eigenvalue weighted by Crippen LogP contribution is -2.67. The smallest absolute Gasteiger partial charge is 0.189 e. The maximum absolute atomic E-state index is 3.37. The Morgan fingerprint density at radius 3 is 2.02 bits per heavy atom. The third kappa shape index (κ3) is 6.24. The van der Waals surface area contributed by atoms with Crippen LogP contribution in [0, 0.1) is 51.2 Å². The minimum atomic E-state index is 0.196. The summed E-state index contributed by atoms with van der Waals surface area (Å²) < 4.78 is 0. The van der Waals surface area contributed by atoms with Gasteiger partial charge in [-0.3, -0.25) is 4.90 Å². The predicted molar refractivity (Wildman–Crippen MR) is 241 cm³/mol. The molecule has 308 valence electrons. The van der Waals surface area contributed by atoms with E-state index < -0.39 is 0 Å². The van der Waals surface area contributed by atoms with Gasteiger partial charge in [-0.25, -0.2) is 0 Å². The molecule has 56 heavy (non-hydrogen) atoms. The van der Waals surface area contributed by atoms with Crippen LogP contribution in [0.25, 0.3) is 0 Å². The predicted octanol–water partition coefficient (Wildman–Crippen LogP) is 14.4. The van der Waals surface area contributed by atoms with Gasteiger partial charge < -0.3 is 4.90 Å². The molecular formula is C53H83BN2. The minimum absolute atomic E-state index is 0.196. The van der Waals surface area contributed by atoms with E-state index in [2.05, 4.69) is 122 Å². The molecular weight excluding hydrogens is 675 g/mol. The van der Waals surface area contributed by atoms with Crippen molar-refractivity contribution in [3.63, 3.8) is 0 Å². The van der Waals surface area contributed by atoms with Crippen LogP contribution in [0.4, 0.5) is 0 Å². The number of allylic oxidation sites excluding steroid dienone is 6. The highest BCUT2D eigenvalue weighted by atomic mass is 15.3. The van der Waals surface area contributed by atoms with Crippen LogP contribution in [0.15, 0.2) is 58.9 Å². The highest BCUT2D eigenvalue weighted by Crippen LogP contribution is 2.72. The van der Waals surface area contributed by atoms with Crippen LogP contribution in [0.2, 0.25) is 11.6 Å². The van der Waals surface area contributed by atoms with E-state index in [4.69, 9.17) is 0 Å². The van der Waals surface area contributed by atoms with Crippen LogP contribution in [0.5, 0.6) is 0 Å². The lowest BCUT2D eigenvalue weighted by atomic mass is 9.21. The van der Waals surface area contributed by atoms with Crippen LogP contribution in [0.1, 0.15) is 185 Å². The molecule has 2 saturated heterocycles. The highest BCUT2D eigenvalue weighted by Gasteiger charge is 2.73. The Bertz CT molecular complexity index is 1650. The molecule has 0 radical (unpaired) electrons. The summed E-state index contributed by atoms with van der Waals surface area (Å²) in [6, 6.07) is 1.83. The molecule has 3 aliphatic heterocycles. The zero-order chi connectivity index (χ0) is 39.6. The van der Waals surface area contributed by atoms with E-state index in [-0.39, 0.29) is 16.4 Å². The SMILES string of the molecule is CC(C)(C)C1=CCC2C(C1)B1C3=C(CC(C4CCCCCCC4)CC3N3C4C1C=CC(C(C)(C)C)C4C1(CCCCC1)C3(C)C)N2C1=CCC(C(C)(C)C)C=C1. The summed E-state index contributed by atoms with van der Waals surface area (Å²) in [5.41, 5.74) is 8.49. The summed E-state index contributed by atoms with van der Waals surface area (Å²) in [5, 5.41) is 0. The van der Waals surface area contributed by atoms with Crippen molar-refractivity contribution in [2.45, 2.75) is 221 Å². The number of rotatable bonds is 2. The second-order valence-corrected chi connectivity index (χ2v) is 25.0. The molecule has 9 unspecified atom stereocenters. The monoisotopic (exact) mass is 759 g/mol. The molecule has 0 aromatic heterocycles. The normalized spacial score (nSPS) is 38.7. The summed E-state index contributed by atoms with van der Waals surface area (Å²) in [6.07, 6.45) is 40.3. The topological polar surface area (TPSA) is 6.48 Å². The van der Waals surface area contributed by atoms with Crippen LogP contribution in [0.3, 0.4) is 0 Å². The van der Waals surface area contributed by atoms with Crippen molar-refractivity contribution in [3.8, 4) is 0 Å². The van der Waals surface area contributed by atoms with Gasteiger partial charge in [-0.2, -0.15) is 0 Å². The molecule has 0 aromatic carbocycles. The van der Waals surface area contributed by atoms with Gasteiger partial charge in [0, 0.05) is 35.1 Å². The van der Waals surface area contributed by atoms with E-state index in [0.717, 1.165) is 17.8 Å². The summed E-state index contributed by atoms with van der Waals surface area (Å²) in [6.45, 7) is 28.9. The number of fused-ring (bicyclic) bond motifs is 5. The lowest BCUT2D eigenvalue weighted by molar-refractivity contribution is -0.0194. The van der Waals surface area contributed by atoms with Gasteiger partial charge in [0.1, 0.15) is 0 Å². The molecule has 2 nitrogen and oxygen atoms in total. The molecule has 0 aromatic rings. The summed E-state index contributed by atoms with van der Waals surface area (Å²) in [7, 11) is 0. The van der Waals surface area contributed by atoms with E-state index in [1.165, 1.54) is 109 Å². The molecule has 0 N–H and O–H groups in total. The van der Waals surface area contributed by atoms with Crippen molar-refractivity contribution in [1.82, 2.24) is 9.80 Å². The second-order valence-electron chi connectivity index (χ2n) is 25.0. The molecule has 9 aliphatic rings. The Morgan fingerprint density at radius 1 is 0.714 bits per heavy atom. The van der Waals surface area contributed by atoms with Gasteiger partial charge in [-0.1, -0.05) is 168 Å². The van der Waals surface area contributed by atoms with Gasteiger partial charge in [0.15, 0.2) is 6.71 Å². The Hall–Kier alpha value is -1.48. The number of hydrogen-bond acceptors (Lipinski definition) is 2. The van der Waals surface area contributed by atoms with Crippen LogP contribution in [-0.4, -0.2) is 40.2 Å². The molecule has 3 heteroatoms. The zero-order valence-electron chi connectivity index (χ0n) is 38.2. The molecule has 6 aliphatic carbocycles. The lowest BCUT2D eigenvalue weighted by Gasteiger charge is -2.63. The van der Waals surface area contributed by atoms with E-state index in [0.29, 0.717) is 59.1 Å². The summed E-state index contributed by atoms with van der Waals surface area (Å²) >= 11 is 0. The third-order valence-corrected chi connectivity index (χ3v) is 18.9. The third-order valence-electron chi connectivity index (χ3n) is 18.9. The molecule has 2 saturated carbocycles. The Labute approximate surface area is 346 Å². The maximum atomic E-state index is 3.37. The zero-order valence-corrected chi connectivity index (χ0v) is 38.2. The maximum Gasteiger partial charge on any atom is 0.189 e. The molecule has 0 bridgehead atoms. The number of hydrogen-bond donors (Lipinski definition) is 0. The Morgan fingerprint density at radius 2 is 1.39 bits per heavy atom. The molecule has 9 atom stereocenters. The van der Waals surface area contributed by atoms with E-state index in [9.17, 15) is 0 Å². The van der Waals surface area contributed by atoms with E-state index >= 15 is 0 Å². The molecule has 0 amide bonds. The first kappa shape index (κ1) is 40.0. The number of nitrogens with zero attached hydrogens (tertiary/aromatic N) is 2. The average molecular weight is 759 g/mol. The van der Waals surface area contributed by atoms with Gasteiger partial charge in [0.05, 0.1) is 0 Å². The van der Waals surface area contributed by atoms with Gasteiger partial charge in [0.2, 0.25) is 0 Å². The Balaban J connectivity index is 1.26. The fourth-order valence-corrected chi connectivity index (χ4v) is 16.1.